The summed E-state index contributed by atoms with van der Waals surface area (Å²) in [7, 11) is 1.56. The molecule has 8 nitrogen and oxygen atoms in total. The van der Waals surface area contributed by atoms with Gasteiger partial charge in [0.15, 0.2) is 0 Å². The molecule has 0 aliphatic heterocycles. The number of nitrogens with zero attached hydrogens (tertiary/aromatic N) is 2. The molecule has 8 heteroatoms. The number of H-pyrrole nitrogens is 1. The fourth-order valence-corrected chi connectivity index (χ4v) is 1.70. The van der Waals surface area contributed by atoms with Gasteiger partial charge in [-0.05, 0) is 12.1 Å². The number of hydrogen-bond acceptors (Lipinski definition) is 5. The molecule has 0 aliphatic carbocycles. The molecule has 0 saturated carbocycles. The maximum absolute atomic E-state index is 11.9. The molecule has 0 aliphatic rings. The molecule has 1 aromatic carbocycles. The second-order valence-corrected chi connectivity index (χ2v) is 4.03. The highest BCUT2D eigenvalue weighted by molar-refractivity contribution is 5.95. The van der Waals surface area contributed by atoms with Crippen LogP contribution >= 0.6 is 0 Å². The van der Waals surface area contributed by atoms with Gasteiger partial charge in [-0.1, -0.05) is 0 Å². The second kappa shape index (κ2) is 5.83. The van der Waals surface area contributed by atoms with E-state index < -0.39 is 4.92 Å². The third kappa shape index (κ3) is 2.91. The number of anilines is 1. The minimum atomic E-state index is -0.501. The Morgan fingerprint density at radius 2 is 2.30 bits per heavy atom. The van der Waals surface area contributed by atoms with Crippen molar-refractivity contribution in [3.8, 4) is 0 Å². The van der Waals surface area contributed by atoms with E-state index in [1.165, 1.54) is 18.2 Å². The maximum atomic E-state index is 11.9. The minimum absolute atomic E-state index is 0.0705. The number of benzene rings is 1. The van der Waals surface area contributed by atoms with Crippen LogP contribution in [0.15, 0.2) is 30.6 Å². The average molecular weight is 275 g/mol. The van der Waals surface area contributed by atoms with Gasteiger partial charge >= 0.3 is 0 Å². The molecule has 0 saturated heterocycles. The van der Waals surface area contributed by atoms with Crippen molar-refractivity contribution in [2.75, 3.05) is 12.4 Å². The molecular formula is C12H13N5O3. The number of nitro groups is 1. The molecule has 0 bridgehead atoms. The van der Waals surface area contributed by atoms with Crippen LogP contribution in [0.1, 0.15) is 15.9 Å². The summed E-state index contributed by atoms with van der Waals surface area (Å²) in [6.45, 7) is 0.335. The molecule has 3 N–H and O–H groups in total. The average Bonchev–Trinajstić information content (AvgIpc) is 2.97. The quantitative estimate of drug-likeness (QED) is 0.562. The molecule has 1 aromatic heterocycles. The van der Waals surface area contributed by atoms with Crippen LogP contribution in [0, 0.1) is 10.1 Å². The first-order valence-corrected chi connectivity index (χ1v) is 5.84. The fourth-order valence-electron chi connectivity index (χ4n) is 1.70. The first kappa shape index (κ1) is 13.5. The van der Waals surface area contributed by atoms with Crippen molar-refractivity contribution >= 4 is 17.3 Å². The molecule has 0 unspecified atom stereocenters. The van der Waals surface area contributed by atoms with Gasteiger partial charge in [-0.15, -0.1) is 0 Å². The number of rotatable bonds is 5. The lowest BCUT2D eigenvalue weighted by molar-refractivity contribution is -0.383. The van der Waals surface area contributed by atoms with E-state index in [2.05, 4.69) is 20.8 Å². The molecule has 104 valence electrons. The van der Waals surface area contributed by atoms with E-state index in [-0.39, 0.29) is 11.6 Å². The molecule has 2 aromatic rings. The first-order chi connectivity index (χ1) is 9.61. The van der Waals surface area contributed by atoms with Crippen molar-refractivity contribution < 1.29 is 9.72 Å². The van der Waals surface area contributed by atoms with E-state index in [9.17, 15) is 14.9 Å². The molecule has 20 heavy (non-hydrogen) atoms. The zero-order valence-corrected chi connectivity index (χ0v) is 10.7. The molecule has 2 rings (SSSR count). The Hall–Kier alpha value is -2.90. The SMILES string of the molecule is CNc1cc(C(=O)NCc2cn[nH]c2)ccc1[N+](=O)[O-]. The Morgan fingerprint density at radius 3 is 2.90 bits per heavy atom. The van der Waals surface area contributed by atoms with Gasteiger partial charge in [-0.2, -0.15) is 5.10 Å². The second-order valence-electron chi connectivity index (χ2n) is 4.03. The van der Waals surface area contributed by atoms with Crippen LogP contribution in [-0.2, 0) is 6.54 Å². The van der Waals surface area contributed by atoms with Gasteiger partial charge in [0, 0.05) is 37.0 Å². The molecule has 0 fully saturated rings. The summed E-state index contributed by atoms with van der Waals surface area (Å²) in [5.74, 6) is -0.308. The van der Waals surface area contributed by atoms with Gasteiger partial charge in [0.2, 0.25) is 0 Å². The predicted octanol–water partition coefficient (Wildman–Crippen LogP) is 1.29. The van der Waals surface area contributed by atoms with E-state index in [1.807, 2.05) is 0 Å². The highest BCUT2D eigenvalue weighted by Crippen LogP contribution is 2.24. The monoisotopic (exact) mass is 275 g/mol. The summed E-state index contributed by atoms with van der Waals surface area (Å²) in [5, 5.41) is 22.6. The third-order valence-electron chi connectivity index (χ3n) is 2.73. The number of carbonyl (C=O) groups excluding carboxylic acids is 1. The number of nitro benzene ring substituents is 1. The number of aromatic nitrogens is 2. The van der Waals surface area contributed by atoms with Gasteiger partial charge in [0.1, 0.15) is 5.69 Å². The van der Waals surface area contributed by atoms with Gasteiger partial charge in [-0.3, -0.25) is 20.0 Å². The summed E-state index contributed by atoms with van der Waals surface area (Å²) in [5.41, 5.74) is 1.42. The predicted molar refractivity (Wildman–Crippen MR) is 72.4 cm³/mol. The van der Waals surface area contributed by atoms with Crippen LogP contribution in [0.4, 0.5) is 11.4 Å². The normalized spacial score (nSPS) is 10.1. The van der Waals surface area contributed by atoms with Crippen LogP contribution < -0.4 is 10.6 Å². The maximum Gasteiger partial charge on any atom is 0.292 e. The van der Waals surface area contributed by atoms with E-state index in [1.54, 1.807) is 19.4 Å². The smallest absolute Gasteiger partial charge is 0.292 e. The summed E-state index contributed by atoms with van der Waals surface area (Å²) >= 11 is 0. The minimum Gasteiger partial charge on any atom is -0.383 e. The summed E-state index contributed by atoms with van der Waals surface area (Å²) in [6, 6.07) is 4.17. The largest absolute Gasteiger partial charge is 0.383 e. The zero-order chi connectivity index (χ0) is 14.5. The van der Waals surface area contributed by atoms with Crippen LogP contribution in [0.2, 0.25) is 0 Å². The summed E-state index contributed by atoms with van der Waals surface area (Å²) in [4.78, 5) is 22.2. The lowest BCUT2D eigenvalue weighted by Crippen LogP contribution is -2.22. The first-order valence-electron chi connectivity index (χ1n) is 5.84. The van der Waals surface area contributed by atoms with Crippen molar-refractivity contribution in [1.29, 1.82) is 0 Å². The van der Waals surface area contributed by atoms with Gasteiger partial charge in [-0.25, -0.2) is 0 Å². The van der Waals surface area contributed by atoms with E-state index in [4.69, 9.17) is 0 Å². The Labute approximate surface area is 114 Å². The fraction of sp³-hybridized carbons (Fsp3) is 0.167. The molecule has 0 atom stereocenters. The van der Waals surface area contributed by atoms with Crippen molar-refractivity contribution in [3.05, 3.63) is 51.8 Å². The zero-order valence-electron chi connectivity index (χ0n) is 10.7. The Balaban J connectivity index is 2.12. The number of hydrogen-bond donors (Lipinski definition) is 3. The lowest BCUT2D eigenvalue weighted by Gasteiger charge is -2.06. The number of aromatic amines is 1. The summed E-state index contributed by atoms with van der Waals surface area (Å²) < 4.78 is 0. The highest BCUT2D eigenvalue weighted by atomic mass is 16.6. The summed E-state index contributed by atoms with van der Waals surface area (Å²) in [6.07, 6.45) is 3.28. The molecular weight excluding hydrogens is 262 g/mol. The van der Waals surface area contributed by atoms with Crippen molar-refractivity contribution in [3.63, 3.8) is 0 Å². The van der Waals surface area contributed by atoms with Crippen molar-refractivity contribution in [2.45, 2.75) is 6.54 Å². The Kier molecular flexibility index (Phi) is 3.94. The standard InChI is InChI=1S/C12H13N5O3/c1-13-10-4-9(2-3-11(10)17(19)20)12(18)14-5-8-6-15-16-7-8/h2-4,6-7,13H,5H2,1H3,(H,14,18)(H,15,16). The third-order valence-corrected chi connectivity index (χ3v) is 2.73. The highest BCUT2D eigenvalue weighted by Gasteiger charge is 2.15. The molecule has 0 radical (unpaired) electrons. The number of nitrogens with one attached hydrogen (secondary N) is 3. The van der Waals surface area contributed by atoms with Gasteiger partial charge < -0.3 is 10.6 Å². The number of carbonyl (C=O) groups is 1. The molecule has 1 heterocycles. The van der Waals surface area contributed by atoms with Crippen molar-refractivity contribution in [1.82, 2.24) is 15.5 Å². The van der Waals surface area contributed by atoms with Crippen molar-refractivity contribution in [2.24, 2.45) is 0 Å². The van der Waals surface area contributed by atoms with E-state index >= 15 is 0 Å². The van der Waals surface area contributed by atoms with Crippen LogP contribution in [-0.4, -0.2) is 28.1 Å². The van der Waals surface area contributed by atoms with Crippen LogP contribution in [0.5, 0.6) is 0 Å². The molecule has 0 spiro atoms. The Morgan fingerprint density at radius 1 is 1.50 bits per heavy atom. The number of amides is 1. The Bertz CT molecular complexity index is 624. The van der Waals surface area contributed by atoms with E-state index in [0.29, 0.717) is 17.8 Å². The van der Waals surface area contributed by atoms with Crippen LogP contribution in [0.25, 0.3) is 0 Å². The van der Waals surface area contributed by atoms with Gasteiger partial charge in [0.25, 0.3) is 11.6 Å². The van der Waals surface area contributed by atoms with E-state index in [0.717, 1.165) is 5.56 Å². The lowest BCUT2D eigenvalue weighted by atomic mass is 10.1. The van der Waals surface area contributed by atoms with Gasteiger partial charge in [0.05, 0.1) is 11.1 Å². The van der Waals surface area contributed by atoms with Crippen LogP contribution in [0.3, 0.4) is 0 Å². The topological polar surface area (TPSA) is 113 Å². The molecule has 1 amide bonds.